The van der Waals surface area contributed by atoms with Gasteiger partial charge in [0.25, 0.3) is 0 Å². The fourth-order valence-electron chi connectivity index (χ4n) is 1.89. The van der Waals surface area contributed by atoms with Crippen molar-refractivity contribution in [2.24, 2.45) is 0 Å². The van der Waals surface area contributed by atoms with E-state index in [1.54, 1.807) is 6.92 Å². The minimum Gasteiger partial charge on any atom is -0.465 e. The predicted molar refractivity (Wildman–Crippen MR) is 83.5 cm³/mol. The van der Waals surface area contributed by atoms with Gasteiger partial charge in [-0.15, -0.1) is 0 Å². The second kappa shape index (κ2) is 8.24. The Labute approximate surface area is 135 Å². The first-order chi connectivity index (χ1) is 10.7. The number of esters is 2. The number of hydrogen-bond acceptors (Lipinski definition) is 6. The fraction of sp³-hybridized carbons (Fsp3) is 0.467. The van der Waals surface area contributed by atoms with Crippen LogP contribution in [0.25, 0.3) is 0 Å². The number of carbonyl (C=O) groups is 2. The van der Waals surface area contributed by atoms with Crippen LogP contribution in [0, 0.1) is 0 Å². The van der Waals surface area contributed by atoms with Gasteiger partial charge in [0, 0.05) is 0 Å². The Kier molecular flexibility index (Phi) is 6.94. The van der Waals surface area contributed by atoms with Crippen LogP contribution in [0.1, 0.15) is 46.5 Å². The summed E-state index contributed by atoms with van der Waals surface area (Å²) in [5, 5.41) is 0. The van der Waals surface area contributed by atoms with Gasteiger partial charge < -0.3 is 18.9 Å². The van der Waals surface area contributed by atoms with Gasteiger partial charge >= 0.3 is 19.5 Å². The molecule has 0 fully saturated rings. The van der Waals surface area contributed by atoms with Gasteiger partial charge in [0.05, 0.1) is 37.6 Å². The molecule has 0 aliphatic carbocycles. The van der Waals surface area contributed by atoms with Crippen molar-refractivity contribution in [1.29, 1.82) is 0 Å². The zero-order chi connectivity index (χ0) is 17.6. The standard InChI is InChI=1S/C15H21O7P/c1-5-10(2)22-23(18,19)9-12-8-11(14(16)20-3)6-7-13(12)15(17)21-4/h6-8,10H,5,9H2,1-4H3,(H,18,19). The predicted octanol–water partition coefficient (Wildman–Crippen LogP) is 2.76. The van der Waals surface area contributed by atoms with Gasteiger partial charge in [-0.1, -0.05) is 6.92 Å². The van der Waals surface area contributed by atoms with Crippen molar-refractivity contribution in [2.45, 2.75) is 32.5 Å². The van der Waals surface area contributed by atoms with Gasteiger partial charge in [0.15, 0.2) is 0 Å². The molecule has 0 spiro atoms. The molecule has 23 heavy (non-hydrogen) atoms. The average Bonchev–Trinajstić information content (AvgIpc) is 2.52. The summed E-state index contributed by atoms with van der Waals surface area (Å²) < 4.78 is 26.6. The molecule has 1 rings (SSSR count). The van der Waals surface area contributed by atoms with Crippen LogP contribution < -0.4 is 0 Å². The molecular formula is C15H21O7P. The average molecular weight is 344 g/mol. The first-order valence-corrected chi connectivity index (χ1v) is 8.80. The largest absolute Gasteiger partial charge is 0.465 e. The lowest BCUT2D eigenvalue weighted by Crippen LogP contribution is -2.11. The Bertz CT molecular complexity index is 626. The van der Waals surface area contributed by atoms with Crippen LogP contribution in [0.15, 0.2) is 18.2 Å². The molecule has 1 aromatic rings. The number of rotatable bonds is 7. The maximum Gasteiger partial charge on any atom is 0.338 e. The third-order valence-electron chi connectivity index (χ3n) is 3.22. The molecule has 0 bridgehead atoms. The molecule has 0 aromatic heterocycles. The van der Waals surface area contributed by atoms with Gasteiger partial charge in [-0.2, -0.15) is 0 Å². The Morgan fingerprint density at radius 3 is 2.35 bits per heavy atom. The van der Waals surface area contributed by atoms with Crippen molar-refractivity contribution in [3.05, 3.63) is 34.9 Å². The topological polar surface area (TPSA) is 99.1 Å². The number of methoxy groups -OCH3 is 2. The van der Waals surface area contributed by atoms with Crippen LogP contribution in [0.2, 0.25) is 0 Å². The third kappa shape index (κ3) is 5.46. The lowest BCUT2D eigenvalue weighted by Gasteiger charge is -2.18. The molecule has 7 nitrogen and oxygen atoms in total. The van der Waals surface area contributed by atoms with Crippen LogP contribution in [0.5, 0.6) is 0 Å². The smallest absolute Gasteiger partial charge is 0.338 e. The van der Waals surface area contributed by atoms with E-state index in [-0.39, 0.29) is 16.7 Å². The second-order valence-electron chi connectivity index (χ2n) is 4.97. The molecule has 0 aliphatic rings. The molecule has 1 aromatic carbocycles. The summed E-state index contributed by atoms with van der Waals surface area (Å²) in [6.45, 7) is 3.50. The van der Waals surface area contributed by atoms with Crippen molar-refractivity contribution in [1.82, 2.24) is 0 Å². The second-order valence-corrected chi connectivity index (χ2v) is 6.78. The molecule has 8 heteroatoms. The SMILES string of the molecule is CCC(C)OP(=O)(O)Cc1cc(C(=O)OC)ccc1C(=O)OC. The van der Waals surface area contributed by atoms with Crippen LogP contribution in [-0.2, 0) is 24.7 Å². The van der Waals surface area contributed by atoms with Gasteiger partial charge in [-0.25, -0.2) is 9.59 Å². The van der Waals surface area contributed by atoms with E-state index < -0.39 is 31.8 Å². The highest BCUT2D eigenvalue weighted by Gasteiger charge is 2.26. The van der Waals surface area contributed by atoms with E-state index in [9.17, 15) is 19.0 Å². The normalized spacial score (nSPS) is 14.7. The Morgan fingerprint density at radius 2 is 1.83 bits per heavy atom. The zero-order valence-electron chi connectivity index (χ0n) is 13.6. The molecule has 0 saturated carbocycles. The molecular weight excluding hydrogens is 323 g/mol. The molecule has 1 N–H and O–H groups in total. The Balaban J connectivity index is 3.21. The summed E-state index contributed by atoms with van der Waals surface area (Å²) in [4.78, 5) is 33.4. The van der Waals surface area contributed by atoms with E-state index in [2.05, 4.69) is 9.47 Å². The van der Waals surface area contributed by atoms with Crippen molar-refractivity contribution in [2.75, 3.05) is 14.2 Å². The highest BCUT2D eigenvalue weighted by atomic mass is 31.2. The van der Waals surface area contributed by atoms with Gasteiger partial charge in [-0.05, 0) is 37.1 Å². The fourth-order valence-corrected chi connectivity index (χ4v) is 3.36. The molecule has 0 saturated heterocycles. The van der Waals surface area contributed by atoms with E-state index in [1.165, 1.54) is 32.4 Å². The van der Waals surface area contributed by atoms with Crippen LogP contribution in [0.3, 0.4) is 0 Å². The van der Waals surface area contributed by atoms with E-state index in [0.717, 1.165) is 0 Å². The van der Waals surface area contributed by atoms with Gasteiger partial charge in [0.1, 0.15) is 0 Å². The lowest BCUT2D eigenvalue weighted by molar-refractivity contribution is 0.0585. The summed E-state index contributed by atoms with van der Waals surface area (Å²) in [6.07, 6.45) is -0.250. The summed E-state index contributed by atoms with van der Waals surface area (Å²) in [5.74, 6) is -1.28. The molecule has 0 radical (unpaired) electrons. The summed E-state index contributed by atoms with van der Waals surface area (Å²) in [6, 6.07) is 4.08. The van der Waals surface area contributed by atoms with Crippen LogP contribution in [-0.4, -0.2) is 37.2 Å². The van der Waals surface area contributed by atoms with Crippen LogP contribution in [0.4, 0.5) is 0 Å². The highest BCUT2D eigenvalue weighted by Crippen LogP contribution is 2.48. The lowest BCUT2D eigenvalue weighted by atomic mass is 10.1. The molecule has 2 atom stereocenters. The monoisotopic (exact) mass is 344 g/mol. The molecule has 2 unspecified atom stereocenters. The molecule has 0 amide bonds. The van der Waals surface area contributed by atoms with Crippen molar-refractivity contribution < 1.29 is 33.0 Å². The maximum atomic E-state index is 12.2. The minimum atomic E-state index is -3.98. The number of carbonyl (C=O) groups excluding carboxylic acids is 2. The van der Waals surface area contributed by atoms with E-state index in [0.29, 0.717) is 6.42 Å². The Morgan fingerprint density at radius 1 is 1.22 bits per heavy atom. The van der Waals surface area contributed by atoms with Crippen LogP contribution >= 0.6 is 7.60 Å². The Hall–Kier alpha value is -1.69. The highest BCUT2D eigenvalue weighted by molar-refractivity contribution is 7.52. The first kappa shape index (κ1) is 19.4. The minimum absolute atomic E-state index is 0.0992. The quantitative estimate of drug-likeness (QED) is 0.600. The van der Waals surface area contributed by atoms with Gasteiger partial charge in [0.2, 0.25) is 0 Å². The number of hydrogen-bond donors (Lipinski definition) is 1. The van der Waals surface area contributed by atoms with Crippen molar-refractivity contribution in [3.8, 4) is 0 Å². The summed E-state index contributed by atoms with van der Waals surface area (Å²) >= 11 is 0. The number of benzene rings is 1. The molecule has 128 valence electrons. The van der Waals surface area contributed by atoms with E-state index in [4.69, 9.17) is 4.52 Å². The van der Waals surface area contributed by atoms with Crippen molar-refractivity contribution >= 4 is 19.5 Å². The molecule has 0 aliphatic heterocycles. The summed E-state index contributed by atoms with van der Waals surface area (Å²) in [5.41, 5.74) is 0.453. The van der Waals surface area contributed by atoms with E-state index in [1.807, 2.05) is 6.92 Å². The summed E-state index contributed by atoms with van der Waals surface area (Å²) in [7, 11) is -1.56. The third-order valence-corrected chi connectivity index (χ3v) is 4.65. The van der Waals surface area contributed by atoms with E-state index >= 15 is 0 Å². The molecule has 0 heterocycles. The van der Waals surface area contributed by atoms with Gasteiger partial charge in [-0.3, -0.25) is 4.57 Å². The zero-order valence-corrected chi connectivity index (χ0v) is 14.5. The first-order valence-electron chi connectivity index (χ1n) is 7.03. The maximum absolute atomic E-state index is 12.2. The number of ether oxygens (including phenoxy) is 2. The van der Waals surface area contributed by atoms with Crippen molar-refractivity contribution in [3.63, 3.8) is 0 Å².